The van der Waals surface area contributed by atoms with Crippen LogP contribution in [0.25, 0.3) is 0 Å². The number of rotatable bonds is 4. The minimum absolute atomic E-state index is 0.469. The van der Waals surface area contributed by atoms with Crippen LogP contribution in [0.5, 0.6) is 5.75 Å². The lowest BCUT2D eigenvalue weighted by molar-refractivity contribution is 0.289. The fraction of sp³-hybridized carbons (Fsp3) is 0.250. The quantitative estimate of drug-likeness (QED) is 0.884. The number of ether oxygens (including phenoxy) is 1. The molecule has 92 valence electrons. The number of hydrogen-bond acceptors (Lipinski definition) is 2. The first-order chi connectivity index (χ1) is 8.93. The van der Waals surface area contributed by atoms with Crippen molar-refractivity contribution in [3.63, 3.8) is 0 Å². The maximum absolute atomic E-state index is 5.94. The average Bonchev–Trinajstić information content (AvgIpc) is 2.37. The van der Waals surface area contributed by atoms with Gasteiger partial charge in [-0.1, -0.05) is 48.5 Å². The highest BCUT2D eigenvalue weighted by atomic mass is 16.5. The van der Waals surface area contributed by atoms with E-state index in [9.17, 15) is 0 Å². The van der Waals surface area contributed by atoms with Crippen LogP contribution in [0.3, 0.4) is 0 Å². The zero-order valence-corrected chi connectivity index (χ0v) is 10.3. The van der Waals surface area contributed by atoms with Crippen LogP contribution in [0.1, 0.15) is 23.6 Å². The van der Waals surface area contributed by atoms with Crippen molar-refractivity contribution in [2.45, 2.75) is 19.1 Å². The molecule has 1 atom stereocenters. The predicted molar refractivity (Wildman–Crippen MR) is 72.6 cm³/mol. The van der Waals surface area contributed by atoms with Gasteiger partial charge in [0.2, 0.25) is 0 Å². The summed E-state index contributed by atoms with van der Waals surface area (Å²) in [5.41, 5.74) is 2.48. The lowest BCUT2D eigenvalue weighted by atomic mass is 9.97. The summed E-state index contributed by atoms with van der Waals surface area (Å²) >= 11 is 0. The number of hydrogen-bond donors (Lipinski definition) is 1. The molecule has 0 saturated carbocycles. The molecule has 1 saturated heterocycles. The highest BCUT2D eigenvalue weighted by Crippen LogP contribution is 2.31. The van der Waals surface area contributed by atoms with Gasteiger partial charge in [-0.25, -0.2) is 0 Å². The lowest BCUT2D eigenvalue weighted by Crippen LogP contribution is -2.35. The first-order valence-electron chi connectivity index (χ1n) is 6.42. The van der Waals surface area contributed by atoms with Crippen molar-refractivity contribution in [3.8, 4) is 5.75 Å². The van der Waals surface area contributed by atoms with E-state index in [1.807, 2.05) is 24.3 Å². The van der Waals surface area contributed by atoms with Gasteiger partial charge in [0.25, 0.3) is 0 Å². The van der Waals surface area contributed by atoms with E-state index in [1.165, 1.54) is 17.5 Å². The molecule has 1 N–H and O–H groups in total. The van der Waals surface area contributed by atoms with Crippen molar-refractivity contribution in [1.29, 1.82) is 0 Å². The Hall–Kier alpha value is -1.80. The Balaban J connectivity index is 1.72. The summed E-state index contributed by atoms with van der Waals surface area (Å²) in [6.45, 7) is 1.74. The minimum atomic E-state index is 0.469. The Kier molecular flexibility index (Phi) is 3.29. The van der Waals surface area contributed by atoms with Gasteiger partial charge in [-0.15, -0.1) is 0 Å². The molecule has 1 unspecified atom stereocenters. The zero-order chi connectivity index (χ0) is 12.2. The molecule has 0 amide bonds. The van der Waals surface area contributed by atoms with Gasteiger partial charge in [-0.3, -0.25) is 0 Å². The van der Waals surface area contributed by atoms with Crippen LogP contribution in [-0.4, -0.2) is 6.54 Å². The summed E-state index contributed by atoms with van der Waals surface area (Å²) in [4.78, 5) is 0. The molecule has 2 heteroatoms. The highest BCUT2D eigenvalue weighted by molar-refractivity contribution is 5.37. The zero-order valence-electron chi connectivity index (χ0n) is 10.3. The lowest BCUT2D eigenvalue weighted by Gasteiger charge is -2.29. The van der Waals surface area contributed by atoms with Crippen molar-refractivity contribution in [1.82, 2.24) is 5.32 Å². The van der Waals surface area contributed by atoms with E-state index in [0.717, 1.165) is 12.3 Å². The van der Waals surface area contributed by atoms with Crippen LogP contribution >= 0.6 is 0 Å². The number of nitrogens with one attached hydrogen (secondary N) is 1. The summed E-state index contributed by atoms with van der Waals surface area (Å²) in [7, 11) is 0. The second kappa shape index (κ2) is 5.23. The molecule has 3 rings (SSSR count). The third-order valence-electron chi connectivity index (χ3n) is 3.36. The molecule has 1 aliphatic heterocycles. The molecule has 0 aliphatic carbocycles. The standard InChI is InChI=1S/C16H17NO/c1-2-6-13(7-3-1)12-18-16-9-5-4-8-14(16)15-10-11-17-15/h1-9,15,17H,10-12H2. The summed E-state index contributed by atoms with van der Waals surface area (Å²) in [6.07, 6.45) is 1.20. The fourth-order valence-electron chi connectivity index (χ4n) is 2.19. The normalized spacial score (nSPS) is 18.1. The molecular formula is C16H17NO. The Morgan fingerprint density at radius 2 is 1.72 bits per heavy atom. The molecule has 0 spiro atoms. The van der Waals surface area contributed by atoms with Crippen molar-refractivity contribution < 1.29 is 4.74 Å². The van der Waals surface area contributed by atoms with Gasteiger partial charge in [0, 0.05) is 11.6 Å². The van der Waals surface area contributed by atoms with Gasteiger partial charge >= 0.3 is 0 Å². The van der Waals surface area contributed by atoms with Gasteiger partial charge in [0.1, 0.15) is 12.4 Å². The Morgan fingerprint density at radius 3 is 2.44 bits per heavy atom. The maximum Gasteiger partial charge on any atom is 0.124 e. The largest absolute Gasteiger partial charge is 0.489 e. The molecule has 0 aromatic heterocycles. The van der Waals surface area contributed by atoms with Crippen LogP contribution in [0.4, 0.5) is 0 Å². The van der Waals surface area contributed by atoms with Crippen molar-refractivity contribution in [2.75, 3.05) is 6.54 Å². The molecule has 1 fully saturated rings. The Labute approximate surface area is 108 Å². The van der Waals surface area contributed by atoms with Gasteiger partial charge < -0.3 is 10.1 Å². The number of para-hydroxylation sites is 1. The van der Waals surface area contributed by atoms with E-state index in [4.69, 9.17) is 4.74 Å². The van der Waals surface area contributed by atoms with E-state index in [1.54, 1.807) is 0 Å². The molecule has 0 bridgehead atoms. The first kappa shape index (κ1) is 11.3. The van der Waals surface area contributed by atoms with E-state index in [-0.39, 0.29) is 0 Å². The maximum atomic E-state index is 5.94. The van der Waals surface area contributed by atoms with Gasteiger partial charge in [0.05, 0.1) is 0 Å². The molecule has 2 aromatic carbocycles. The second-order valence-corrected chi connectivity index (χ2v) is 4.61. The van der Waals surface area contributed by atoms with Crippen molar-refractivity contribution in [3.05, 3.63) is 65.7 Å². The smallest absolute Gasteiger partial charge is 0.124 e. The summed E-state index contributed by atoms with van der Waals surface area (Å²) in [5.74, 6) is 0.999. The van der Waals surface area contributed by atoms with E-state index >= 15 is 0 Å². The minimum Gasteiger partial charge on any atom is -0.489 e. The number of benzene rings is 2. The molecule has 18 heavy (non-hydrogen) atoms. The van der Waals surface area contributed by atoms with E-state index < -0.39 is 0 Å². The van der Waals surface area contributed by atoms with Crippen molar-refractivity contribution in [2.24, 2.45) is 0 Å². The molecule has 2 nitrogen and oxygen atoms in total. The van der Waals surface area contributed by atoms with Gasteiger partial charge in [-0.2, -0.15) is 0 Å². The predicted octanol–water partition coefficient (Wildman–Crippen LogP) is 3.30. The topological polar surface area (TPSA) is 21.3 Å². The summed E-state index contributed by atoms with van der Waals surface area (Å²) in [6, 6.07) is 19.1. The van der Waals surface area contributed by atoms with Crippen LogP contribution < -0.4 is 10.1 Å². The fourth-order valence-corrected chi connectivity index (χ4v) is 2.19. The monoisotopic (exact) mass is 239 g/mol. The molecule has 1 aliphatic rings. The first-order valence-corrected chi connectivity index (χ1v) is 6.42. The molecular weight excluding hydrogens is 222 g/mol. The summed E-state index contributed by atoms with van der Waals surface area (Å²) < 4.78 is 5.94. The van der Waals surface area contributed by atoms with Gasteiger partial charge in [-0.05, 0) is 24.6 Å². The Morgan fingerprint density at radius 1 is 1.00 bits per heavy atom. The van der Waals surface area contributed by atoms with Crippen LogP contribution in [-0.2, 0) is 6.61 Å². The third kappa shape index (κ3) is 2.39. The highest BCUT2D eigenvalue weighted by Gasteiger charge is 2.21. The average molecular weight is 239 g/mol. The Bertz CT molecular complexity index is 506. The van der Waals surface area contributed by atoms with E-state index in [2.05, 4.69) is 35.6 Å². The van der Waals surface area contributed by atoms with Crippen LogP contribution in [0.15, 0.2) is 54.6 Å². The molecule has 1 heterocycles. The van der Waals surface area contributed by atoms with Crippen LogP contribution in [0.2, 0.25) is 0 Å². The van der Waals surface area contributed by atoms with E-state index in [0.29, 0.717) is 12.6 Å². The SMILES string of the molecule is c1ccc(COc2ccccc2C2CCN2)cc1. The molecule has 2 aromatic rings. The molecule has 0 radical (unpaired) electrons. The summed E-state index contributed by atoms with van der Waals surface area (Å²) in [5, 5.41) is 3.42. The van der Waals surface area contributed by atoms with Gasteiger partial charge in [0.15, 0.2) is 0 Å². The third-order valence-corrected chi connectivity index (χ3v) is 3.36. The second-order valence-electron chi connectivity index (χ2n) is 4.61. The van der Waals surface area contributed by atoms with Crippen LogP contribution in [0, 0.1) is 0 Å². The van der Waals surface area contributed by atoms with Crippen molar-refractivity contribution >= 4 is 0 Å².